The highest BCUT2D eigenvalue weighted by Crippen LogP contribution is 2.19. The molecule has 0 unspecified atom stereocenters. The average molecular weight is 268 g/mol. The first kappa shape index (κ1) is 14.9. The lowest BCUT2D eigenvalue weighted by atomic mass is 10.1. The fraction of sp³-hybridized carbons (Fsp3) is 0.462. The summed E-state index contributed by atoms with van der Waals surface area (Å²) in [5.74, 6) is -2.81. The molecule has 0 aliphatic carbocycles. The third-order valence-corrected chi connectivity index (χ3v) is 2.14. The van der Waals surface area contributed by atoms with Crippen LogP contribution >= 0.6 is 0 Å². The second kappa shape index (κ2) is 5.26. The second-order valence-corrected chi connectivity index (χ2v) is 5.04. The maximum absolute atomic E-state index is 11.5. The highest BCUT2D eigenvalue weighted by atomic mass is 16.6. The molecule has 0 aromatic rings. The molecule has 0 radical (unpaired) electrons. The number of rotatable bonds is 2. The van der Waals surface area contributed by atoms with Crippen LogP contribution in [0.25, 0.3) is 0 Å². The van der Waals surface area contributed by atoms with Gasteiger partial charge in [0.15, 0.2) is 6.10 Å². The van der Waals surface area contributed by atoms with Gasteiger partial charge in [0.1, 0.15) is 16.9 Å². The minimum Gasteiger partial charge on any atom is -0.507 e. The number of ketones is 1. The van der Waals surface area contributed by atoms with Crippen molar-refractivity contribution in [3.8, 4) is 0 Å². The molecule has 0 bridgehead atoms. The van der Waals surface area contributed by atoms with Gasteiger partial charge in [-0.3, -0.25) is 4.79 Å². The minimum absolute atomic E-state index is 0.452. The zero-order chi connectivity index (χ0) is 14.8. The van der Waals surface area contributed by atoms with E-state index in [0.717, 1.165) is 12.2 Å². The third-order valence-electron chi connectivity index (χ3n) is 2.14. The zero-order valence-corrected chi connectivity index (χ0v) is 11.2. The summed E-state index contributed by atoms with van der Waals surface area (Å²) in [7, 11) is 0. The van der Waals surface area contributed by atoms with Crippen molar-refractivity contribution in [1.82, 2.24) is 0 Å². The predicted octanol–water partition coefficient (Wildman–Crippen LogP) is 1.21. The van der Waals surface area contributed by atoms with Crippen LogP contribution in [0.3, 0.4) is 0 Å². The molecular weight excluding hydrogens is 252 g/mol. The van der Waals surface area contributed by atoms with Crippen molar-refractivity contribution in [1.29, 1.82) is 0 Å². The van der Waals surface area contributed by atoms with Crippen molar-refractivity contribution < 1.29 is 29.0 Å². The van der Waals surface area contributed by atoms with Crippen molar-refractivity contribution in [3.63, 3.8) is 0 Å². The van der Waals surface area contributed by atoms with E-state index in [4.69, 9.17) is 4.74 Å². The molecular formula is C13H16O6. The fourth-order valence-corrected chi connectivity index (χ4v) is 1.37. The van der Waals surface area contributed by atoms with Crippen molar-refractivity contribution in [2.45, 2.75) is 39.4 Å². The maximum atomic E-state index is 11.5. The fourth-order valence-electron chi connectivity index (χ4n) is 1.37. The number of allylic oxidation sites excluding steroid dienone is 1. The van der Waals surface area contributed by atoms with E-state index in [1.165, 1.54) is 6.92 Å². The highest BCUT2D eigenvalue weighted by Gasteiger charge is 2.37. The first-order valence-electron chi connectivity index (χ1n) is 5.71. The molecule has 1 fully saturated rings. The summed E-state index contributed by atoms with van der Waals surface area (Å²) in [5, 5.41) is 9.62. The van der Waals surface area contributed by atoms with Gasteiger partial charge in [-0.05, 0) is 33.8 Å². The van der Waals surface area contributed by atoms with Crippen LogP contribution in [-0.4, -0.2) is 34.5 Å². The van der Waals surface area contributed by atoms with Crippen LogP contribution in [0, 0.1) is 0 Å². The van der Waals surface area contributed by atoms with Crippen molar-refractivity contribution >= 4 is 17.7 Å². The van der Waals surface area contributed by atoms with Crippen LogP contribution in [0.4, 0.5) is 0 Å². The molecule has 6 nitrogen and oxygen atoms in total. The number of aliphatic hydroxyl groups is 1. The van der Waals surface area contributed by atoms with E-state index in [-0.39, 0.29) is 0 Å². The van der Waals surface area contributed by atoms with Gasteiger partial charge < -0.3 is 14.6 Å². The van der Waals surface area contributed by atoms with Crippen LogP contribution in [0.1, 0.15) is 27.7 Å². The van der Waals surface area contributed by atoms with Gasteiger partial charge in [0.25, 0.3) is 0 Å². The number of esters is 2. The molecule has 1 atom stereocenters. The summed E-state index contributed by atoms with van der Waals surface area (Å²) in [5.41, 5.74) is -1.12. The predicted molar refractivity (Wildman–Crippen MR) is 65.2 cm³/mol. The van der Waals surface area contributed by atoms with Gasteiger partial charge in [-0.1, -0.05) is 0 Å². The largest absolute Gasteiger partial charge is 0.507 e. The molecule has 104 valence electrons. The molecule has 0 amide bonds. The normalized spacial score (nSPS) is 22.6. The molecule has 1 rings (SSSR count). The van der Waals surface area contributed by atoms with E-state index < -0.39 is 40.8 Å². The molecule has 19 heavy (non-hydrogen) atoms. The number of carbonyl (C=O) groups excluding carboxylic acids is 3. The molecule has 1 aliphatic heterocycles. The molecule has 1 aliphatic rings. The lowest BCUT2D eigenvalue weighted by molar-refractivity contribution is -0.148. The van der Waals surface area contributed by atoms with Crippen molar-refractivity contribution in [2.75, 3.05) is 0 Å². The number of Topliss-reactive ketones (excluding diaryl/α,β-unsaturated/α-hetero) is 1. The Labute approximate surface area is 110 Å². The van der Waals surface area contributed by atoms with Crippen LogP contribution in [0.15, 0.2) is 23.5 Å². The van der Waals surface area contributed by atoms with Crippen LogP contribution in [0.2, 0.25) is 0 Å². The Morgan fingerprint density at radius 2 is 1.89 bits per heavy atom. The van der Waals surface area contributed by atoms with Crippen LogP contribution in [0.5, 0.6) is 0 Å². The lowest BCUT2D eigenvalue weighted by Gasteiger charge is -2.17. The van der Waals surface area contributed by atoms with E-state index in [9.17, 15) is 19.5 Å². The summed E-state index contributed by atoms with van der Waals surface area (Å²) in [6.07, 6.45) is 0.970. The Balaban J connectivity index is 2.85. The third kappa shape index (κ3) is 3.94. The molecule has 0 saturated carbocycles. The Kier molecular flexibility index (Phi) is 4.14. The number of carbonyl (C=O) groups is 3. The summed E-state index contributed by atoms with van der Waals surface area (Å²) < 4.78 is 9.60. The van der Waals surface area contributed by atoms with E-state index in [1.807, 2.05) is 0 Å². The molecule has 6 heteroatoms. The Bertz CT molecular complexity index is 478. The Morgan fingerprint density at radius 1 is 1.32 bits per heavy atom. The van der Waals surface area contributed by atoms with Gasteiger partial charge in [-0.25, -0.2) is 9.59 Å². The summed E-state index contributed by atoms with van der Waals surface area (Å²) >= 11 is 0. The summed E-state index contributed by atoms with van der Waals surface area (Å²) in [6.45, 7) is 6.47. The quantitative estimate of drug-likeness (QED) is 0.350. The van der Waals surface area contributed by atoms with Crippen molar-refractivity contribution in [2.24, 2.45) is 0 Å². The first-order valence-corrected chi connectivity index (χ1v) is 5.71. The van der Waals surface area contributed by atoms with Gasteiger partial charge in [-0.15, -0.1) is 0 Å². The van der Waals surface area contributed by atoms with Gasteiger partial charge >= 0.3 is 11.9 Å². The molecule has 1 saturated heterocycles. The standard InChI is InChI=1S/C13H16O6/c1-7-11(16)10(12(17)18-7)8(14)5-6-9(15)19-13(2,3)4/h5-7,14H,1-4H3/b6-5+,10-8-/t7-/m1/s1. The molecule has 0 aromatic heterocycles. The number of ether oxygens (including phenoxy) is 2. The zero-order valence-electron chi connectivity index (χ0n) is 11.2. The second-order valence-electron chi connectivity index (χ2n) is 5.04. The van der Waals surface area contributed by atoms with Gasteiger partial charge in [0, 0.05) is 6.08 Å². The molecule has 0 aromatic carbocycles. The van der Waals surface area contributed by atoms with Crippen molar-refractivity contribution in [3.05, 3.63) is 23.5 Å². The molecule has 0 spiro atoms. The smallest absolute Gasteiger partial charge is 0.346 e. The Hall–Kier alpha value is -2.11. The molecule has 1 heterocycles. The first-order chi connectivity index (χ1) is 8.61. The lowest BCUT2D eigenvalue weighted by Crippen LogP contribution is -2.22. The SMILES string of the molecule is C[C@H]1OC(=O)/C(=C(O)/C=C/C(=O)OC(C)(C)C)C1=O. The van der Waals surface area contributed by atoms with Gasteiger partial charge in [0.05, 0.1) is 0 Å². The van der Waals surface area contributed by atoms with E-state index in [1.54, 1.807) is 20.8 Å². The van der Waals surface area contributed by atoms with E-state index >= 15 is 0 Å². The monoisotopic (exact) mass is 268 g/mol. The summed E-state index contributed by atoms with van der Waals surface area (Å²) in [4.78, 5) is 34.2. The van der Waals surface area contributed by atoms with E-state index in [0.29, 0.717) is 0 Å². The highest BCUT2D eigenvalue weighted by molar-refractivity contribution is 6.23. The molecule has 1 N–H and O–H groups in total. The minimum atomic E-state index is -0.917. The number of cyclic esters (lactones) is 1. The average Bonchev–Trinajstić information content (AvgIpc) is 2.47. The Morgan fingerprint density at radius 3 is 2.32 bits per heavy atom. The van der Waals surface area contributed by atoms with Crippen LogP contribution in [-0.2, 0) is 23.9 Å². The number of hydrogen-bond donors (Lipinski definition) is 1. The topological polar surface area (TPSA) is 89.9 Å². The van der Waals surface area contributed by atoms with Gasteiger partial charge in [0.2, 0.25) is 5.78 Å². The number of aliphatic hydroxyl groups excluding tert-OH is 1. The van der Waals surface area contributed by atoms with E-state index in [2.05, 4.69) is 4.74 Å². The maximum Gasteiger partial charge on any atom is 0.346 e. The number of hydrogen-bond acceptors (Lipinski definition) is 6. The van der Waals surface area contributed by atoms with Crippen LogP contribution < -0.4 is 0 Å². The van der Waals surface area contributed by atoms with Gasteiger partial charge in [-0.2, -0.15) is 0 Å². The summed E-state index contributed by atoms with van der Waals surface area (Å²) in [6, 6.07) is 0.